The molecule has 0 bridgehead atoms. The summed E-state index contributed by atoms with van der Waals surface area (Å²) >= 11 is 12.1. The largest absolute Gasteiger partial charge is 0.304 e. The molecule has 9 heteroatoms. The molecule has 1 N–H and O–H groups in total. The van der Waals surface area contributed by atoms with Gasteiger partial charge in [0.15, 0.2) is 11.5 Å². The average Bonchev–Trinajstić information content (AvgIpc) is 3.10. The summed E-state index contributed by atoms with van der Waals surface area (Å²) in [6.07, 6.45) is 1.68. The molecule has 130 valence electrons. The minimum Gasteiger partial charge on any atom is -0.304 e. The molecule has 0 fully saturated rings. The van der Waals surface area contributed by atoms with Crippen LogP contribution in [0.5, 0.6) is 0 Å². The van der Waals surface area contributed by atoms with E-state index in [4.69, 9.17) is 23.2 Å². The van der Waals surface area contributed by atoms with Gasteiger partial charge in [-0.1, -0.05) is 29.3 Å². The predicted octanol–water partition coefficient (Wildman–Crippen LogP) is 3.67. The fourth-order valence-corrected chi connectivity index (χ4v) is 2.72. The van der Waals surface area contributed by atoms with Gasteiger partial charge < -0.3 is 5.32 Å². The van der Waals surface area contributed by atoms with Crippen molar-refractivity contribution in [3.63, 3.8) is 0 Å². The third-order valence-corrected chi connectivity index (χ3v) is 4.51. The van der Waals surface area contributed by atoms with E-state index in [1.54, 1.807) is 37.0 Å². The Bertz CT molecular complexity index is 950. The van der Waals surface area contributed by atoms with E-state index >= 15 is 0 Å². The van der Waals surface area contributed by atoms with Crippen LogP contribution >= 0.6 is 23.2 Å². The number of anilines is 1. The molecular formula is C16H14Cl2FN5O. The monoisotopic (exact) mass is 381 g/mol. The van der Waals surface area contributed by atoms with Crippen LogP contribution < -0.4 is 5.32 Å². The molecule has 0 spiro atoms. The molecular weight excluding hydrogens is 368 g/mol. The van der Waals surface area contributed by atoms with Crippen LogP contribution in [-0.2, 0) is 13.6 Å². The first kappa shape index (κ1) is 17.4. The molecule has 0 aliphatic rings. The van der Waals surface area contributed by atoms with Crippen molar-refractivity contribution >= 4 is 34.9 Å². The molecule has 2 aromatic heterocycles. The zero-order valence-corrected chi connectivity index (χ0v) is 14.9. The maximum absolute atomic E-state index is 13.1. The van der Waals surface area contributed by atoms with Crippen LogP contribution in [0.3, 0.4) is 0 Å². The van der Waals surface area contributed by atoms with E-state index in [2.05, 4.69) is 15.5 Å². The van der Waals surface area contributed by atoms with Crippen molar-refractivity contribution in [1.29, 1.82) is 0 Å². The highest BCUT2D eigenvalue weighted by atomic mass is 35.5. The molecule has 3 rings (SSSR count). The van der Waals surface area contributed by atoms with Gasteiger partial charge in [0.25, 0.3) is 5.91 Å². The van der Waals surface area contributed by atoms with E-state index in [9.17, 15) is 9.18 Å². The first-order valence-electron chi connectivity index (χ1n) is 7.33. The van der Waals surface area contributed by atoms with Crippen LogP contribution in [0.25, 0.3) is 0 Å². The number of nitrogens with zero attached hydrogens (tertiary/aromatic N) is 4. The lowest BCUT2D eigenvalue weighted by Gasteiger charge is -2.05. The molecule has 0 saturated heterocycles. The summed E-state index contributed by atoms with van der Waals surface area (Å²) in [4.78, 5) is 12.3. The Labute approximate surface area is 153 Å². The number of halogens is 3. The number of hydrogen-bond donors (Lipinski definition) is 1. The summed E-state index contributed by atoms with van der Waals surface area (Å²) in [7, 11) is 1.71. The van der Waals surface area contributed by atoms with Gasteiger partial charge in [-0.25, -0.2) is 4.39 Å². The smallest absolute Gasteiger partial charge is 0.278 e. The summed E-state index contributed by atoms with van der Waals surface area (Å²) in [6, 6.07) is 5.81. The lowest BCUT2D eigenvalue weighted by Crippen LogP contribution is -2.14. The van der Waals surface area contributed by atoms with Crippen molar-refractivity contribution in [1.82, 2.24) is 19.6 Å². The molecule has 25 heavy (non-hydrogen) atoms. The van der Waals surface area contributed by atoms with Crippen LogP contribution in [-0.4, -0.2) is 25.5 Å². The second-order valence-electron chi connectivity index (χ2n) is 5.46. The Morgan fingerprint density at radius 3 is 2.68 bits per heavy atom. The SMILES string of the molecule is Cc1c(Cl)c(C(=O)Nc2ccn(Cc3ccc(F)cc3Cl)n2)nn1C. The molecule has 1 aromatic carbocycles. The van der Waals surface area contributed by atoms with E-state index in [0.717, 1.165) is 0 Å². The van der Waals surface area contributed by atoms with Gasteiger partial charge in [0.05, 0.1) is 17.3 Å². The first-order valence-corrected chi connectivity index (χ1v) is 8.08. The Morgan fingerprint density at radius 2 is 2.04 bits per heavy atom. The lowest BCUT2D eigenvalue weighted by atomic mass is 10.2. The lowest BCUT2D eigenvalue weighted by molar-refractivity contribution is 0.102. The summed E-state index contributed by atoms with van der Waals surface area (Å²) in [6.45, 7) is 2.12. The van der Waals surface area contributed by atoms with Crippen molar-refractivity contribution in [3.05, 3.63) is 63.3 Å². The molecule has 0 unspecified atom stereocenters. The van der Waals surface area contributed by atoms with E-state index in [1.165, 1.54) is 16.8 Å². The van der Waals surface area contributed by atoms with E-state index < -0.39 is 11.7 Å². The fourth-order valence-electron chi connectivity index (χ4n) is 2.24. The van der Waals surface area contributed by atoms with Crippen LogP contribution in [0.1, 0.15) is 21.7 Å². The number of rotatable bonds is 4. The highest BCUT2D eigenvalue weighted by Crippen LogP contribution is 2.21. The van der Waals surface area contributed by atoms with Gasteiger partial charge in [-0.05, 0) is 24.6 Å². The number of benzene rings is 1. The summed E-state index contributed by atoms with van der Waals surface area (Å²) in [5.41, 5.74) is 1.55. The van der Waals surface area contributed by atoms with Gasteiger partial charge in [-0.15, -0.1) is 0 Å². The molecule has 0 aliphatic heterocycles. The molecule has 3 aromatic rings. The van der Waals surface area contributed by atoms with Crippen LogP contribution in [0.15, 0.2) is 30.5 Å². The quantitative estimate of drug-likeness (QED) is 0.749. The molecule has 0 saturated carbocycles. The zero-order chi connectivity index (χ0) is 18.1. The predicted molar refractivity (Wildman–Crippen MR) is 93.6 cm³/mol. The van der Waals surface area contributed by atoms with Gasteiger partial charge in [-0.2, -0.15) is 10.2 Å². The summed E-state index contributed by atoms with van der Waals surface area (Å²) in [5.74, 6) is -0.494. The second-order valence-corrected chi connectivity index (χ2v) is 6.25. The van der Waals surface area contributed by atoms with E-state index in [0.29, 0.717) is 33.7 Å². The van der Waals surface area contributed by atoms with Crippen molar-refractivity contribution in [2.75, 3.05) is 5.32 Å². The number of carbonyl (C=O) groups is 1. The van der Waals surface area contributed by atoms with Gasteiger partial charge in [0.2, 0.25) is 0 Å². The van der Waals surface area contributed by atoms with E-state index in [1.807, 2.05) is 0 Å². The molecule has 2 heterocycles. The van der Waals surface area contributed by atoms with Gasteiger partial charge in [0.1, 0.15) is 5.82 Å². The normalized spacial score (nSPS) is 10.9. The number of hydrogen-bond acceptors (Lipinski definition) is 3. The number of aromatic nitrogens is 4. The molecule has 0 aliphatic carbocycles. The number of amides is 1. The first-order chi connectivity index (χ1) is 11.8. The van der Waals surface area contributed by atoms with Gasteiger partial charge >= 0.3 is 0 Å². The van der Waals surface area contributed by atoms with Crippen LogP contribution in [0.2, 0.25) is 10.0 Å². The Morgan fingerprint density at radius 1 is 1.28 bits per heavy atom. The fraction of sp³-hybridized carbons (Fsp3) is 0.188. The maximum atomic E-state index is 13.1. The summed E-state index contributed by atoms with van der Waals surface area (Å²) < 4.78 is 16.2. The van der Waals surface area contributed by atoms with E-state index in [-0.39, 0.29) is 5.69 Å². The number of aryl methyl sites for hydroxylation is 1. The minimum atomic E-state index is -0.446. The van der Waals surface area contributed by atoms with Crippen molar-refractivity contribution in [3.8, 4) is 0 Å². The Balaban J connectivity index is 1.73. The molecule has 0 atom stereocenters. The topological polar surface area (TPSA) is 64.7 Å². The molecule has 1 amide bonds. The van der Waals surface area contributed by atoms with Gasteiger partial charge in [-0.3, -0.25) is 14.2 Å². The maximum Gasteiger partial charge on any atom is 0.278 e. The summed E-state index contributed by atoms with van der Waals surface area (Å²) in [5, 5.41) is 11.6. The minimum absolute atomic E-state index is 0.137. The van der Waals surface area contributed by atoms with Crippen LogP contribution in [0, 0.1) is 12.7 Å². The van der Waals surface area contributed by atoms with Gasteiger partial charge in [0, 0.05) is 24.3 Å². The average molecular weight is 382 g/mol. The van der Waals surface area contributed by atoms with Crippen molar-refractivity contribution < 1.29 is 9.18 Å². The second kappa shape index (κ2) is 6.85. The van der Waals surface area contributed by atoms with Crippen LogP contribution in [0.4, 0.5) is 10.2 Å². The standard InChI is InChI=1S/C16H14Cl2FN5O/c1-9-14(18)15(22-23(9)2)16(25)20-13-5-6-24(21-13)8-10-3-4-11(19)7-12(10)17/h3-7H,8H2,1-2H3,(H,20,21,25). The zero-order valence-electron chi connectivity index (χ0n) is 13.4. The third-order valence-electron chi connectivity index (χ3n) is 3.71. The highest BCUT2D eigenvalue weighted by Gasteiger charge is 2.19. The third kappa shape index (κ3) is 3.67. The highest BCUT2D eigenvalue weighted by molar-refractivity contribution is 6.34. The van der Waals surface area contributed by atoms with Crippen molar-refractivity contribution in [2.45, 2.75) is 13.5 Å². The number of carbonyl (C=O) groups excluding carboxylic acids is 1. The van der Waals surface area contributed by atoms with Crippen molar-refractivity contribution in [2.24, 2.45) is 7.05 Å². The Hall–Kier alpha value is -2.38. The Kier molecular flexibility index (Phi) is 4.78. The number of nitrogens with one attached hydrogen (secondary N) is 1. The molecule has 6 nitrogen and oxygen atoms in total. The molecule has 0 radical (unpaired) electrons.